The van der Waals surface area contributed by atoms with Gasteiger partial charge in [-0.1, -0.05) is 12.1 Å². The van der Waals surface area contributed by atoms with E-state index in [-0.39, 0.29) is 18.2 Å². The summed E-state index contributed by atoms with van der Waals surface area (Å²) >= 11 is 0. The molecule has 0 spiro atoms. The second-order valence-corrected chi connectivity index (χ2v) is 9.10. The van der Waals surface area contributed by atoms with Crippen molar-refractivity contribution in [3.63, 3.8) is 0 Å². The third-order valence-electron chi connectivity index (χ3n) is 7.00. The van der Waals surface area contributed by atoms with Gasteiger partial charge in [-0.15, -0.1) is 0 Å². The third-order valence-corrected chi connectivity index (χ3v) is 7.00. The van der Waals surface area contributed by atoms with Crippen molar-refractivity contribution in [3.8, 4) is 0 Å². The molecule has 0 aromatic carbocycles. The number of aryl methyl sites for hydroxylation is 1. The molecule has 7 nitrogen and oxygen atoms in total. The van der Waals surface area contributed by atoms with Crippen molar-refractivity contribution in [1.29, 1.82) is 0 Å². The molecule has 1 N–H and O–H groups in total. The molecule has 0 bridgehead atoms. The van der Waals surface area contributed by atoms with Crippen LogP contribution in [0.15, 0.2) is 42.7 Å². The number of rotatable bonds is 3. The standard InChI is InChI=1S/C24H32N6O/c1-17-6-5-9-25-24(17)21-15-18(31)14-20(28(21)3)19-16-30-22(26-19)7-4-8-23(30)29-12-10-27(2)11-13-29/h4-9,16,18,20-21,31H,10-15H2,1-3H3/t18-,20+,21-/m0/s1. The van der Waals surface area contributed by atoms with Crippen molar-refractivity contribution in [1.82, 2.24) is 24.2 Å². The highest BCUT2D eigenvalue weighted by atomic mass is 16.3. The van der Waals surface area contributed by atoms with Crippen molar-refractivity contribution >= 4 is 11.5 Å². The van der Waals surface area contributed by atoms with Crippen LogP contribution < -0.4 is 4.90 Å². The minimum Gasteiger partial charge on any atom is -0.393 e. The van der Waals surface area contributed by atoms with Crippen LogP contribution in [0.25, 0.3) is 5.65 Å². The van der Waals surface area contributed by atoms with Gasteiger partial charge < -0.3 is 14.9 Å². The number of pyridine rings is 2. The minimum atomic E-state index is -0.366. The van der Waals surface area contributed by atoms with Gasteiger partial charge in [-0.2, -0.15) is 0 Å². The first-order chi connectivity index (χ1) is 15.0. The first-order valence-electron chi connectivity index (χ1n) is 11.2. The lowest BCUT2D eigenvalue weighted by Gasteiger charge is -2.41. The fourth-order valence-corrected chi connectivity index (χ4v) is 5.11. The van der Waals surface area contributed by atoms with E-state index in [2.05, 4.69) is 75.6 Å². The maximum Gasteiger partial charge on any atom is 0.138 e. The molecular weight excluding hydrogens is 388 g/mol. The summed E-state index contributed by atoms with van der Waals surface area (Å²) in [5, 5.41) is 10.7. The zero-order chi connectivity index (χ0) is 21.5. The number of anilines is 1. The summed E-state index contributed by atoms with van der Waals surface area (Å²) in [7, 11) is 4.32. The Morgan fingerprint density at radius 1 is 0.968 bits per heavy atom. The van der Waals surface area contributed by atoms with Crippen molar-refractivity contribution in [2.45, 2.75) is 38.0 Å². The first kappa shape index (κ1) is 20.4. The molecule has 3 aromatic rings. The number of fused-ring (bicyclic) bond motifs is 1. The Bertz CT molecular complexity index is 1060. The monoisotopic (exact) mass is 420 g/mol. The average molecular weight is 421 g/mol. The third kappa shape index (κ3) is 3.82. The molecule has 0 unspecified atom stereocenters. The van der Waals surface area contributed by atoms with Crippen LogP contribution in [0, 0.1) is 6.92 Å². The van der Waals surface area contributed by atoms with Gasteiger partial charge in [-0.05, 0) is 57.6 Å². The average Bonchev–Trinajstić information content (AvgIpc) is 3.20. The molecule has 3 atom stereocenters. The number of aliphatic hydroxyl groups is 1. The van der Waals surface area contributed by atoms with Crippen LogP contribution in [0.4, 0.5) is 5.82 Å². The fourth-order valence-electron chi connectivity index (χ4n) is 5.11. The molecule has 31 heavy (non-hydrogen) atoms. The molecule has 164 valence electrons. The topological polar surface area (TPSA) is 60.1 Å². The van der Waals surface area contributed by atoms with Crippen LogP contribution >= 0.6 is 0 Å². The van der Waals surface area contributed by atoms with Gasteiger partial charge in [0.25, 0.3) is 0 Å². The fraction of sp³-hybridized carbons (Fsp3) is 0.500. The van der Waals surface area contributed by atoms with Crippen LogP contribution in [-0.4, -0.2) is 75.7 Å². The Morgan fingerprint density at radius 2 is 1.74 bits per heavy atom. The number of piperidine rings is 1. The largest absolute Gasteiger partial charge is 0.393 e. The van der Waals surface area contributed by atoms with Gasteiger partial charge >= 0.3 is 0 Å². The van der Waals surface area contributed by atoms with Gasteiger partial charge in [0.15, 0.2) is 0 Å². The summed E-state index contributed by atoms with van der Waals surface area (Å²) in [6.45, 7) is 6.28. The number of aliphatic hydroxyl groups excluding tert-OH is 1. The number of likely N-dealkylation sites (tertiary alicyclic amines) is 1. The second-order valence-electron chi connectivity index (χ2n) is 9.10. The highest BCUT2D eigenvalue weighted by Gasteiger charge is 2.37. The predicted molar refractivity (Wildman–Crippen MR) is 122 cm³/mol. The first-order valence-corrected chi connectivity index (χ1v) is 11.2. The summed E-state index contributed by atoms with van der Waals surface area (Å²) < 4.78 is 2.22. The molecule has 5 rings (SSSR count). The van der Waals surface area contributed by atoms with Crippen LogP contribution in [-0.2, 0) is 0 Å². The van der Waals surface area contributed by atoms with Gasteiger partial charge in [-0.3, -0.25) is 14.3 Å². The zero-order valence-electron chi connectivity index (χ0n) is 18.6. The molecule has 0 radical (unpaired) electrons. The van der Waals surface area contributed by atoms with E-state index in [1.807, 2.05) is 12.3 Å². The van der Waals surface area contributed by atoms with E-state index in [0.717, 1.165) is 43.2 Å². The Morgan fingerprint density at radius 3 is 2.52 bits per heavy atom. The Hall–Kier alpha value is -2.48. The lowest BCUT2D eigenvalue weighted by atomic mass is 9.89. The quantitative estimate of drug-likeness (QED) is 0.703. The minimum absolute atomic E-state index is 0.0513. The Labute approximate surface area is 183 Å². The van der Waals surface area contributed by atoms with Crippen molar-refractivity contribution < 1.29 is 5.11 Å². The molecule has 5 heterocycles. The number of hydrogen-bond donors (Lipinski definition) is 1. The van der Waals surface area contributed by atoms with E-state index in [1.165, 1.54) is 11.4 Å². The summed E-state index contributed by atoms with van der Waals surface area (Å²) in [4.78, 5) is 16.8. The smallest absolute Gasteiger partial charge is 0.138 e. The van der Waals surface area contributed by atoms with Gasteiger partial charge in [0.1, 0.15) is 11.5 Å². The summed E-state index contributed by atoms with van der Waals surface area (Å²) in [5.74, 6) is 1.19. The lowest BCUT2D eigenvalue weighted by molar-refractivity contribution is 0.0110. The molecule has 2 aliphatic heterocycles. The molecule has 3 aromatic heterocycles. The summed E-state index contributed by atoms with van der Waals surface area (Å²) in [6, 6.07) is 10.6. The molecule has 2 saturated heterocycles. The summed E-state index contributed by atoms with van der Waals surface area (Å²) in [6.07, 6.45) is 5.04. The molecule has 2 aliphatic rings. The van der Waals surface area contributed by atoms with Gasteiger partial charge in [0.2, 0.25) is 0 Å². The lowest BCUT2D eigenvalue weighted by Crippen LogP contribution is -2.45. The van der Waals surface area contributed by atoms with Gasteiger partial charge in [-0.25, -0.2) is 4.98 Å². The number of aromatic nitrogens is 3. The van der Waals surface area contributed by atoms with E-state index in [1.54, 1.807) is 0 Å². The molecule has 0 amide bonds. The second kappa shape index (κ2) is 8.22. The molecule has 2 fully saturated rings. The van der Waals surface area contributed by atoms with Crippen LogP contribution in [0.3, 0.4) is 0 Å². The van der Waals surface area contributed by atoms with Crippen LogP contribution in [0.5, 0.6) is 0 Å². The molecule has 0 saturated carbocycles. The summed E-state index contributed by atoms with van der Waals surface area (Å²) in [5.41, 5.74) is 4.20. The number of imidazole rings is 1. The number of piperazine rings is 1. The number of hydrogen-bond acceptors (Lipinski definition) is 6. The Kier molecular flexibility index (Phi) is 5.42. The van der Waals surface area contributed by atoms with Crippen molar-refractivity contribution in [3.05, 3.63) is 59.7 Å². The molecule has 0 aliphatic carbocycles. The highest BCUT2D eigenvalue weighted by molar-refractivity contribution is 5.53. The highest BCUT2D eigenvalue weighted by Crippen LogP contribution is 2.40. The van der Waals surface area contributed by atoms with E-state index in [0.29, 0.717) is 12.8 Å². The Balaban J connectivity index is 1.48. The van der Waals surface area contributed by atoms with Gasteiger partial charge in [0.05, 0.1) is 29.6 Å². The maximum atomic E-state index is 10.7. The van der Waals surface area contributed by atoms with E-state index >= 15 is 0 Å². The molecule has 7 heteroatoms. The van der Waals surface area contributed by atoms with Crippen molar-refractivity contribution in [2.24, 2.45) is 0 Å². The number of likely N-dealkylation sites (N-methyl/N-ethyl adjacent to an activating group) is 1. The van der Waals surface area contributed by atoms with Crippen molar-refractivity contribution in [2.75, 3.05) is 45.2 Å². The van der Waals surface area contributed by atoms with Gasteiger partial charge in [0, 0.05) is 38.6 Å². The van der Waals surface area contributed by atoms with Crippen LogP contribution in [0.2, 0.25) is 0 Å². The molecular formula is C24H32N6O. The van der Waals surface area contributed by atoms with E-state index in [9.17, 15) is 5.11 Å². The maximum absolute atomic E-state index is 10.7. The zero-order valence-corrected chi connectivity index (χ0v) is 18.6. The normalized spacial score (nSPS) is 25.9. The predicted octanol–water partition coefficient (Wildman–Crippen LogP) is 2.66. The van der Waals surface area contributed by atoms with E-state index < -0.39 is 0 Å². The SMILES string of the molecule is Cc1cccnc1[C@@H]1C[C@@H](O)C[C@H](c2cn3c(N4CCN(C)CC4)cccc3n2)N1C. The number of nitrogens with zero attached hydrogens (tertiary/aromatic N) is 6. The van der Waals surface area contributed by atoms with E-state index in [4.69, 9.17) is 4.98 Å². The van der Waals surface area contributed by atoms with Crippen LogP contribution in [0.1, 0.15) is 41.9 Å².